The monoisotopic (exact) mass is 332 g/mol. The molecular weight excluding hydrogens is 304 g/mol. The molecule has 6 heteroatoms. The van der Waals surface area contributed by atoms with Crippen LogP contribution in [0, 0.1) is 17.8 Å². The number of nitrogens with zero attached hydrogens (tertiary/aromatic N) is 2. The van der Waals surface area contributed by atoms with E-state index in [0.717, 1.165) is 12.1 Å². The van der Waals surface area contributed by atoms with E-state index in [1.807, 2.05) is 12.3 Å². The van der Waals surface area contributed by atoms with E-state index in [4.69, 9.17) is 0 Å². The molecule has 3 aliphatic rings. The van der Waals surface area contributed by atoms with Gasteiger partial charge in [-0.15, -0.1) is 0 Å². The number of nitrogens with one attached hydrogen (secondary N) is 2. The fraction of sp³-hybridized carbons (Fsp3) is 0.778. The van der Waals surface area contributed by atoms with Crippen LogP contribution in [0.5, 0.6) is 0 Å². The average Bonchev–Trinajstić information content (AvgIpc) is 3.36. The summed E-state index contributed by atoms with van der Waals surface area (Å²) in [5, 5.41) is 20.2. The third-order valence-corrected chi connectivity index (χ3v) is 6.39. The number of hydrogen-bond donors (Lipinski definition) is 3. The number of fused-ring (bicyclic) bond motifs is 2. The van der Waals surface area contributed by atoms with Gasteiger partial charge in [0, 0.05) is 24.8 Å². The van der Waals surface area contributed by atoms with E-state index in [9.17, 15) is 9.90 Å². The van der Waals surface area contributed by atoms with Crippen LogP contribution in [0.1, 0.15) is 56.7 Å². The lowest BCUT2D eigenvalue weighted by Crippen LogP contribution is -2.48. The molecule has 1 aromatic rings. The van der Waals surface area contributed by atoms with Gasteiger partial charge in [-0.3, -0.25) is 4.68 Å². The number of carbonyl (C=O) groups excluding carboxylic acids is 1. The van der Waals surface area contributed by atoms with E-state index in [1.165, 1.54) is 38.5 Å². The predicted octanol–water partition coefficient (Wildman–Crippen LogP) is 2.20. The second-order valence-electron chi connectivity index (χ2n) is 7.76. The van der Waals surface area contributed by atoms with Crippen molar-refractivity contribution in [1.29, 1.82) is 0 Å². The van der Waals surface area contributed by atoms with Crippen LogP contribution in [-0.2, 0) is 6.54 Å². The zero-order valence-electron chi connectivity index (χ0n) is 14.2. The van der Waals surface area contributed by atoms with Crippen molar-refractivity contribution in [2.24, 2.45) is 17.8 Å². The van der Waals surface area contributed by atoms with Gasteiger partial charge in [-0.1, -0.05) is 12.8 Å². The summed E-state index contributed by atoms with van der Waals surface area (Å²) in [5.41, 5.74) is 0.906. The van der Waals surface area contributed by atoms with Crippen LogP contribution in [-0.4, -0.2) is 33.6 Å². The highest BCUT2D eigenvalue weighted by atomic mass is 16.3. The molecule has 3 N–H and O–H groups in total. The maximum Gasteiger partial charge on any atom is 0.315 e. The smallest absolute Gasteiger partial charge is 0.315 e. The Morgan fingerprint density at radius 2 is 2.04 bits per heavy atom. The molecule has 0 radical (unpaired) electrons. The predicted molar refractivity (Wildman–Crippen MR) is 90.3 cm³/mol. The van der Waals surface area contributed by atoms with Crippen molar-refractivity contribution in [2.45, 2.75) is 63.6 Å². The van der Waals surface area contributed by atoms with Crippen molar-refractivity contribution in [1.82, 2.24) is 20.4 Å². The Balaban J connectivity index is 1.27. The number of aromatic nitrogens is 2. The SMILES string of the molecule is O=C(NCc1ccn(C2CCCC2)n1)NC1C2CCC(C2)C1CO. The molecule has 3 saturated carbocycles. The summed E-state index contributed by atoms with van der Waals surface area (Å²) in [7, 11) is 0. The van der Waals surface area contributed by atoms with Gasteiger partial charge in [0.15, 0.2) is 0 Å². The number of carbonyl (C=O) groups is 1. The van der Waals surface area contributed by atoms with Crippen molar-refractivity contribution in [3.8, 4) is 0 Å². The van der Waals surface area contributed by atoms with Gasteiger partial charge in [-0.05, 0) is 50.0 Å². The van der Waals surface area contributed by atoms with Crippen LogP contribution in [0.25, 0.3) is 0 Å². The molecule has 1 heterocycles. The summed E-state index contributed by atoms with van der Waals surface area (Å²) < 4.78 is 2.06. The first-order valence-electron chi connectivity index (χ1n) is 9.44. The Kier molecular flexibility index (Phi) is 4.48. The summed E-state index contributed by atoms with van der Waals surface area (Å²) in [6.45, 7) is 0.633. The Labute approximate surface area is 143 Å². The average molecular weight is 332 g/mol. The van der Waals surface area contributed by atoms with Crippen LogP contribution in [0.4, 0.5) is 4.79 Å². The lowest BCUT2D eigenvalue weighted by molar-refractivity contribution is 0.144. The van der Waals surface area contributed by atoms with Crippen molar-refractivity contribution >= 4 is 6.03 Å². The molecular formula is C18H28N4O2. The molecule has 3 aliphatic carbocycles. The standard InChI is InChI=1S/C18H28N4O2/c23-11-16-12-5-6-13(9-12)17(16)20-18(24)19-10-14-7-8-22(21-14)15-3-1-2-4-15/h7-8,12-13,15-17,23H,1-6,9-11H2,(H2,19,20,24). The van der Waals surface area contributed by atoms with Gasteiger partial charge in [0.25, 0.3) is 0 Å². The molecule has 0 aliphatic heterocycles. The van der Waals surface area contributed by atoms with Gasteiger partial charge in [0.1, 0.15) is 0 Å². The van der Waals surface area contributed by atoms with E-state index in [-0.39, 0.29) is 24.6 Å². The molecule has 6 nitrogen and oxygen atoms in total. The first kappa shape index (κ1) is 15.9. The van der Waals surface area contributed by atoms with Crippen LogP contribution in [0.15, 0.2) is 12.3 Å². The zero-order chi connectivity index (χ0) is 16.5. The minimum atomic E-state index is -0.138. The minimum Gasteiger partial charge on any atom is -0.396 e. The third-order valence-electron chi connectivity index (χ3n) is 6.39. The molecule has 4 unspecified atom stereocenters. The number of rotatable bonds is 5. The summed E-state index contributed by atoms with van der Waals surface area (Å²) >= 11 is 0. The normalized spacial score (nSPS) is 32.4. The van der Waals surface area contributed by atoms with E-state index < -0.39 is 0 Å². The van der Waals surface area contributed by atoms with Crippen molar-refractivity contribution in [2.75, 3.05) is 6.61 Å². The lowest BCUT2D eigenvalue weighted by Gasteiger charge is -2.30. The molecule has 1 aromatic heterocycles. The molecule has 4 rings (SSSR count). The Morgan fingerprint density at radius 1 is 1.25 bits per heavy atom. The van der Waals surface area contributed by atoms with Gasteiger partial charge in [0.05, 0.1) is 18.3 Å². The fourth-order valence-corrected chi connectivity index (χ4v) is 5.12. The van der Waals surface area contributed by atoms with E-state index >= 15 is 0 Å². The molecule has 3 fully saturated rings. The minimum absolute atomic E-state index is 0.129. The molecule has 132 valence electrons. The van der Waals surface area contributed by atoms with Crippen molar-refractivity contribution < 1.29 is 9.90 Å². The second-order valence-corrected chi connectivity index (χ2v) is 7.76. The van der Waals surface area contributed by atoms with Gasteiger partial charge in [-0.25, -0.2) is 4.79 Å². The summed E-state index contributed by atoms with van der Waals surface area (Å²) in [6, 6.07) is 2.52. The molecule has 0 saturated heterocycles. The molecule has 0 aromatic carbocycles. The highest BCUT2D eigenvalue weighted by molar-refractivity contribution is 5.74. The van der Waals surface area contributed by atoms with Gasteiger partial charge in [-0.2, -0.15) is 5.10 Å². The van der Waals surface area contributed by atoms with Crippen LogP contribution >= 0.6 is 0 Å². The second kappa shape index (κ2) is 6.75. The highest BCUT2D eigenvalue weighted by Crippen LogP contribution is 2.48. The lowest BCUT2D eigenvalue weighted by atomic mass is 9.85. The highest BCUT2D eigenvalue weighted by Gasteiger charge is 2.47. The summed E-state index contributed by atoms with van der Waals surface area (Å²) in [5.74, 6) is 1.36. The topological polar surface area (TPSA) is 79.2 Å². The third kappa shape index (κ3) is 3.04. The van der Waals surface area contributed by atoms with Gasteiger partial charge in [0.2, 0.25) is 0 Å². The maximum atomic E-state index is 12.2. The number of amides is 2. The van der Waals surface area contributed by atoms with E-state index in [0.29, 0.717) is 24.4 Å². The fourth-order valence-electron chi connectivity index (χ4n) is 5.12. The number of urea groups is 1. The number of aliphatic hydroxyl groups is 1. The Hall–Kier alpha value is -1.56. The first-order valence-corrected chi connectivity index (χ1v) is 9.44. The molecule has 0 spiro atoms. The van der Waals surface area contributed by atoms with Crippen molar-refractivity contribution in [3.63, 3.8) is 0 Å². The van der Waals surface area contributed by atoms with Crippen molar-refractivity contribution in [3.05, 3.63) is 18.0 Å². The maximum absolute atomic E-state index is 12.2. The Morgan fingerprint density at radius 3 is 2.83 bits per heavy atom. The van der Waals surface area contributed by atoms with Gasteiger partial charge < -0.3 is 15.7 Å². The first-order chi connectivity index (χ1) is 11.7. The summed E-state index contributed by atoms with van der Waals surface area (Å²) in [4.78, 5) is 12.2. The van der Waals surface area contributed by atoms with E-state index in [2.05, 4.69) is 20.4 Å². The zero-order valence-corrected chi connectivity index (χ0v) is 14.2. The number of hydrogen-bond acceptors (Lipinski definition) is 3. The molecule has 24 heavy (non-hydrogen) atoms. The van der Waals surface area contributed by atoms with Gasteiger partial charge >= 0.3 is 6.03 Å². The quantitative estimate of drug-likeness (QED) is 0.773. The summed E-state index contributed by atoms with van der Waals surface area (Å²) in [6.07, 6.45) is 10.6. The van der Waals surface area contributed by atoms with E-state index in [1.54, 1.807) is 0 Å². The molecule has 2 amide bonds. The largest absolute Gasteiger partial charge is 0.396 e. The van der Waals surface area contributed by atoms with Crippen LogP contribution < -0.4 is 10.6 Å². The Bertz CT molecular complexity index is 581. The van der Waals surface area contributed by atoms with Crippen LogP contribution in [0.2, 0.25) is 0 Å². The van der Waals surface area contributed by atoms with Crippen LogP contribution in [0.3, 0.4) is 0 Å². The molecule has 4 atom stereocenters. The molecule has 2 bridgehead atoms. The number of aliphatic hydroxyl groups excluding tert-OH is 1.